The number of aryl methyl sites for hydroxylation is 2. The summed E-state index contributed by atoms with van der Waals surface area (Å²) in [6.45, 7) is 0. The minimum Gasteiger partial charge on any atom is -0.478 e. The Morgan fingerprint density at radius 1 is 1.13 bits per heavy atom. The molecule has 2 aromatic carbocycles. The molecule has 0 fully saturated rings. The van der Waals surface area contributed by atoms with E-state index in [2.05, 4.69) is 0 Å². The van der Waals surface area contributed by atoms with Crippen molar-refractivity contribution in [1.29, 1.82) is 0 Å². The van der Waals surface area contributed by atoms with Gasteiger partial charge in [-0.05, 0) is 66.8 Å². The Morgan fingerprint density at radius 3 is 2.58 bits per heavy atom. The van der Waals surface area contributed by atoms with Gasteiger partial charge < -0.3 is 5.11 Å². The number of aromatic carboxylic acids is 1. The molecule has 5 rings (SSSR count). The number of hydrogen-bond acceptors (Lipinski definition) is 5. The summed E-state index contributed by atoms with van der Waals surface area (Å²) in [6, 6.07) is 14.0. The first-order valence-corrected chi connectivity index (χ1v) is 12.0. The first-order valence-electron chi connectivity index (χ1n) is 9.79. The van der Waals surface area contributed by atoms with Gasteiger partial charge in [-0.1, -0.05) is 35.5 Å². The molecule has 0 unspecified atom stereocenters. The van der Waals surface area contributed by atoms with Crippen molar-refractivity contribution in [1.82, 2.24) is 9.55 Å². The van der Waals surface area contributed by atoms with Gasteiger partial charge in [-0.2, -0.15) is 0 Å². The number of nitrogens with zero attached hydrogens (tertiary/aromatic N) is 2. The molecule has 0 spiro atoms. The van der Waals surface area contributed by atoms with Crippen LogP contribution < -0.4 is 5.56 Å². The molecule has 8 heteroatoms. The number of halogens is 1. The highest BCUT2D eigenvalue weighted by Gasteiger charge is 2.24. The minimum atomic E-state index is -0.950. The molecule has 0 aliphatic heterocycles. The Morgan fingerprint density at radius 2 is 1.87 bits per heavy atom. The fourth-order valence-corrected chi connectivity index (χ4v) is 6.23. The molecule has 156 valence electrons. The van der Waals surface area contributed by atoms with Crippen LogP contribution in [0.3, 0.4) is 0 Å². The van der Waals surface area contributed by atoms with E-state index in [4.69, 9.17) is 21.7 Å². The molecule has 0 saturated carbocycles. The van der Waals surface area contributed by atoms with E-state index in [0.717, 1.165) is 46.3 Å². The summed E-state index contributed by atoms with van der Waals surface area (Å²) >= 11 is 9.15. The average molecular weight is 469 g/mol. The molecule has 4 aromatic rings. The molecule has 2 aromatic heterocycles. The number of benzene rings is 2. The Hall–Kier alpha value is -2.61. The molecule has 1 N–H and O–H groups in total. The highest BCUT2D eigenvalue weighted by molar-refractivity contribution is 7.98. The number of aromatic nitrogens is 2. The van der Waals surface area contributed by atoms with Crippen molar-refractivity contribution < 1.29 is 9.90 Å². The summed E-state index contributed by atoms with van der Waals surface area (Å²) in [5.41, 5.74) is 3.04. The molecule has 1 aliphatic carbocycles. The second kappa shape index (κ2) is 8.15. The van der Waals surface area contributed by atoms with E-state index in [9.17, 15) is 9.59 Å². The van der Waals surface area contributed by atoms with Crippen molar-refractivity contribution in [3.8, 4) is 5.69 Å². The third-order valence-corrected chi connectivity index (χ3v) is 7.81. The van der Waals surface area contributed by atoms with Crippen LogP contribution in [-0.2, 0) is 18.6 Å². The SMILES string of the molecule is O=C(O)c1ccc(CSc2nc3sc4c(c3c(=O)n2-c2ccc(Cl)cc2)CCC4)cc1. The summed E-state index contributed by atoms with van der Waals surface area (Å²) in [5.74, 6) is -0.384. The number of carboxylic acid groups (broad SMARTS) is 1. The summed E-state index contributed by atoms with van der Waals surface area (Å²) in [4.78, 5) is 31.6. The highest BCUT2D eigenvalue weighted by atomic mass is 35.5. The number of carboxylic acids is 1. The Balaban J connectivity index is 1.59. The van der Waals surface area contributed by atoms with Gasteiger partial charge in [0.05, 0.1) is 16.6 Å². The zero-order chi connectivity index (χ0) is 21.5. The molecule has 0 radical (unpaired) electrons. The van der Waals surface area contributed by atoms with Crippen LogP contribution in [0.5, 0.6) is 0 Å². The molecular formula is C23H17ClN2O3S2. The van der Waals surface area contributed by atoms with Crippen molar-refractivity contribution in [2.24, 2.45) is 0 Å². The summed E-state index contributed by atoms with van der Waals surface area (Å²) < 4.78 is 1.67. The number of thioether (sulfide) groups is 1. The van der Waals surface area contributed by atoms with Crippen LogP contribution >= 0.6 is 34.7 Å². The maximum Gasteiger partial charge on any atom is 0.335 e. The second-order valence-corrected chi connectivity index (χ2v) is 9.80. The molecule has 1 aliphatic rings. The molecular weight excluding hydrogens is 452 g/mol. The van der Waals surface area contributed by atoms with Gasteiger partial charge in [-0.15, -0.1) is 11.3 Å². The first-order chi connectivity index (χ1) is 15.0. The quantitative estimate of drug-likeness (QED) is 0.306. The van der Waals surface area contributed by atoms with Crippen molar-refractivity contribution in [2.45, 2.75) is 30.2 Å². The summed E-state index contributed by atoms with van der Waals surface area (Å²) in [5, 5.41) is 11.0. The molecule has 2 heterocycles. The van der Waals surface area contributed by atoms with E-state index in [1.165, 1.54) is 16.6 Å². The van der Waals surface area contributed by atoms with Gasteiger partial charge in [-0.3, -0.25) is 9.36 Å². The van der Waals surface area contributed by atoms with E-state index in [1.54, 1.807) is 52.3 Å². The van der Waals surface area contributed by atoms with E-state index in [1.807, 2.05) is 12.1 Å². The molecule has 0 saturated heterocycles. The fraction of sp³-hybridized carbons (Fsp3) is 0.174. The summed E-state index contributed by atoms with van der Waals surface area (Å²) in [7, 11) is 0. The van der Waals surface area contributed by atoms with Gasteiger partial charge in [0.1, 0.15) is 4.83 Å². The smallest absolute Gasteiger partial charge is 0.335 e. The maximum atomic E-state index is 13.6. The zero-order valence-corrected chi connectivity index (χ0v) is 18.7. The zero-order valence-electron chi connectivity index (χ0n) is 16.3. The third kappa shape index (κ3) is 3.78. The maximum absolute atomic E-state index is 13.6. The largest absolute Gasteiger partial charge is 0.478 e. The van der Waals surface area contributed by atoms with Crippen molar-refractivity contribution in [2.75, 3.05) is 0 Å². The predicted octanol–water partition coefficient (Wildman–Crippen LogP) is 5.58. The van der Waals surface area contributed by atoms with Gasteiger partial charge in [0.15, 0.2) is 5.16 Å². The van der Waals surface area contributed by atoms with Gasteiger partial charge in [-0.25, -0.2) is 9.78 Å². The standard InChI is InChI=1S/C23H17ClN2O3S2/c24-15-8-10-16(11-9-15)26-21(27)19-17-2-1-3-18(17)31-20(19)25-23(26)30-12-13-4-6-14(7-5-13)22(28)29/h4-11H,1-3,12H2,(H,28,29). The summed E-state index contributed by atoms with van der Waals surface area (Å²) in [6.07, 6.45) is 3.02. The first kappa shape index (κ1) is 20.3. The van der Waals surface area contributed by atoms with E-state index in [-0.39, 0.29) is 11.1 Å². The van der Waals surface area contributed by atoms with Crippen LogP contribution in [0.4, 0.5) is 0 Å². The normalized spacial score (nSPS) is 12.9. The van der Waals surface area contributed by atoms with Crippen LogP contribution in [0.1, 0.15) is 32.8 Å². The number of rotatable bonds is 5. The number of fused-ring (bicyclic) bond motifs is 3. The lowest BCUT2D eigenvalue weighted by atomic mass is 10.1. The van der Waals surface area contributed by atoms with E-state index in [0.29, 0.717) is 15.9 Å². The number of hydrogen-bond donors (Lipinski definition) is 1. The van der Waals surface area contributed by atoms with Gasteiger partial charge in [0.25, 0.3) is 5.56 Å². The van der Waals surface area contributed by atoms with Crippen LogP contribution in [-0.4, -0.2) is 20.6 Å². The number of thiophene rings is 1. The molecule has 0 bridgehead atoms. The van der Waals surface area contributed by atoms with Crippen LogP contribution in [0.25, 0.3) is 15.9 Å². The lowest BCUT2D eigenvalue weighted by molar-refractivity contribution is 0.0697. The van der Waals surface area contributed by atoms with Gasteiger partial charge >= 0.3 is 5.97 Å². The van der Waals surface area contributed by atoms with Crippen LogP contribution in [0.15, 0.2) is 58.5 Å². The lowest BCUT2D eigenvalue weighted by Crippen LogP contribution is -2.21. The van der Waals surface area contributed by atoms with Gasteiger partial charge in [0.2, 0.25) is 0 Å². The second-order valence-electron chi connectivity index (χ2n) is 7.34. The van der Waals surface area contributed by atoms with Gasteiger partial charge in [0, 0.05) is 15.7 Å². The fourth-order valence-electron chi connectivity index (χ4n) is 3.83. The monoisotopic (exact) mass is 468 g/mol. The minimum absolute atomic E-state index is 0.0459. The molecule has 0 amide bonds. The Kier molecular flexibility index (Phi) is 5.33. The lowest BCUT2D eigenvalue weighted by Gasteiger charge is -2.13. The van der Waals surface area contributed by atoms with Crippen molar-refractivity contribution in [3.05, 3.63) is 85.5 Å². The van der Waals surface area contributed by atoms with Crippen molar-refractivity contribution in [3.63, 3.8) is 0 Å². The Labute approximate surface area is 191 Å². The topological polar surface area (TPSA) is 72.2 Å². The number of carbonyl (C=O) groups is 1. The van der Waals surface area contributed by atoms with Crippen LogP contribution in [0.2, 0.25) is 5.02 Å². The average Bonchev–Trinajstić information content (AvgIpc) is 3.34. The van der Waals surface area contributed by atoms with Crippen LogP contribution in [0, 0.1) is 0 Å². The molecule has 0 atom stereocenters. The van der Waals surface area contributed by atoms with Crippen molar-refractivity contribution >= 4 is 50.9 Å². The predicted molar refractivity (Wildman–Crippen MR) is 125 cm³/mol. The Bertz CT molecular complexity index is 1360. The van der Waals surface area contributed by atoms with E-state index >= 15 is 0 Å². The van der Waals surface area contributed by atoms with E-state index < -0.39 is 5.97 Å². The molecule has 31 heavy (non-hydrogen) atoms. The molecule has 5 nitrogen and oxygen atoms in total. The highest BCUT2D eigenvalue weighted by Crippen LogP contribution is 2.36. The third-order valence-electron chi connectivity index (χ3n) is 5.36.